The van der Waals surface area contributed by atoms with Crippen molar-refractivity contribution in [1.82, 2.24) is 0 Å². The summed E-state index contributed by atoms with van der Waals surface area (Å²) in [7, 11) is 0. The molecule has 24 heavy (non-hydrogen) atoms. The Morgan fingerprint density at radius 3 is 2.75 bits per heavy atom. The molecule has 0 saturated carbocycles. The minimum atomic E-state index is -0.634. The molecule has 0 aromatic heterocycles. The van der Waals surface area contributed by atoms with E-state index in [0.717, 1.165) is 0 Å². The fourth-order valence-electron chi connectivity index (χ4n) is 2.71. The third-order valence-corrected chi connectivity index (χ3v) is 3.78. The van der Waals surface area contributed by atoms with Crippen molar-refractivity contribution in [2.24, 2.45) is 0 Å². The van der Waals surface area contributed by atoms with Crippen molar-refractivity contribution in [3.05, 3.63) is 53.8 Å². The largest absolute Gasteiger partial charge is 0.489 e. The van der Waals surface area contributed by atoms with Gasteiger partial charge < -0.3 is 10.1 Å². The van der Waals surface area contributed by atoms with E-state index in [1.165, 1.54) is 30.0 Å². The SMILES string of the molecule is CC(=O)Nc1ccc(F)c(C(=O)N2c3ccccc3OC[C@H]2C)c1. The third kappa shape index (κ3) is 2.95. The average molecular weight is 328 g/mol. The van der Waals surface area contributed by atoms with Gasteiger partial charge in [0, 0.05) is 12.6 Å². The highest BCUT2D eigenvalue weighted by atomic mass is 19.1. The Hall–Kier alpha value is -2.89. The molecule has 0 spiro atoms. The summed E-state index contributed by atoms with van der Waals surface area (Å²) in [6.07, 6.45) is 0. The molecule has 6 heteroatoms. The first kappa shape index (κ1) is 16.0. The average Bonchev–Trinajstić information content (AvgIpc) is 2.55. The maximum absolute atomic E-state index is 14.2. The Labute approximate surface area is 139 Å². The summed E-state index contributed by atoms with van der Waals surface area (Å²) >= 11 is 0. The number of hydrogen-bond donors (Lipinski definition) is 1. The lowest BCUT2D eigenvalue weighted by Crippen LogP contribution is -2.45. The highest BCUT2D eigenvalue weighted by Crippen LogP contribution is 2.35. The second-order valence-corrected chi connectivity index (χ2v) is 5.68. The molecule has 1 aliphatic heterocycles. The Morgan fingerprint density at radius 1 is 1.25 bits per heavy atom. The van der Waals surface area contributed by atoms with E-state index in [0.29, 0.717) is 23.7 Å². The molecule has 0 bridgehead atoms. The number of halogens is 1. The third-order valence-electron chi connectivity index (χ3n) is 3.78. The van der Waals surface area contributed by atoms with Gasteiger partial charge in [-0.3, -0.25) is 14.5 Å². The monoisotopic (exact) mass is 328 g/mol. The smallest absolute Gasteiger partial charge is 0.261 e. The van der Waals surface area contributed by atoms with Crippen LogP contribution in [0.4, 0.5) is 15.8 Å². The predicted octanol–water partition coefficient (Wildman–Crippen LogP) is 3.21. The number of hydrogen-bond acceptors (Lipinski definition) is 3. The number of fused-ring (bicyclic) bond motifs is 1. The molecule has 0 radical (unpaired) electrons. The van der Waals surface area contributed by atoms with E-state index in [2.05, 4.69) is 5.32 Å². The van der Waals surface area contributed by atoms with Crippen LogP contribution >= 0.6 is 0 Å². The zero-order valence-corrected chi connectivity index (χ0v) is 13.4. The van der Waals surface area contributed by atoms with Crippen LogP contribution in [0.3, 0.4) is 0 Å². The topological polar surface area (TPSA) is 58.6 Å². The van der Waals surface area contributed by atoms with Crippen LogP contribution in [-0.2, 0) is 4.79 Å². The molecule has 2 aromatic rings. The molecule has 0 saturated heterocycles. The van der Waals surface area contributed by atoms with Crippen LogP contribution in [-0.4, -0.2) is 24.5 Å². The van der Waals surface area contributed by atoms with Gasteiger partial charge in [-0.1, -0.05) is 12.1 Å². The summed E-state index contributed by atoms with van der Waals surface area (Å²) in [5.41, 5.74) is 0.886. The van der Waals surface area contributed by atoms with Gasteiger partial charge >= 0.3 is 0 Å². The van der Waals surface area contributed by atoms with Gasteiger partial charge in [-0.05, 0) is 37.3 Å². The molecule has 1 heterocycles. The van der Waals surface area contributed by atoms with Crippen molar-refractivity contribution in [3.8, 4) is 5.75 Å². The standard InChI is InChI=1S/C18H17FN2O3/c1-11-10-24-17-6-4-3-5-16(17)21(11)18(23)14-9-13(20-12(2)22)7-8-15(14)19/h3-9,11H,10H2,1-2H3,(H,20,22)/t11-/m1/s1. The molecule has 2 amide bonds. The van der Waals surface area contributed by atoms with E-state index < -0.39 is 11.7 Å². The van der Waals surface area contributed by atoms with Gasteiger partial charge in [0.05, 0.1) is 17.3 Å². The van der Waals surface area contributed by atoms with E-state index in [1.54, 1.807) is 18.2 Å². The fraction of sp³-hybridized carbons (Fsp3) is 0.222. The molecule has 0 unspecified atom stereocenters. The summed E-state index contributed by atoms with van der Waals surface area (Å²) in [6.45, 7) is 3.52. The van der Waals surface area contributed by atoms with Gasteiger partial charge in [0.1, 0.15) is 18.2 Å². The van der Waals surface area contributed by atoms with E-state index in [4.69, 9.17) is 4.74 Å². The van der Waals surface area contributed by atoms with E-state index in [1.807, 2.05) is 13.0 Å². The quantitative estimate of drug-likeness (QED) is 0.921. The van der Waals surface area contributed by atoms with Gasteiger partial charge in [0.25, 0.3) is 5.91 Å². The molecule has 5 nitrogen and oxygen atoms in total. The summed E-state index contributed by atoms with van der Waals surface area (Å²) in [5.74, 6) is -0.805. The summed E-state index contributed by atoms with van der Waals surface area (Å²) < 4.78 is 19.8. The summed E-state index contributed by atoms with van der Waals surface area (Å²) in [5, 5.41) is 2.56. The lowest BCUT2D eigenvalue weighted by molar-refractivity contribution is -0.114. The number of anilines is 2. The first-order valence-corrected chi connectivity index (χ1v) is 7.60. The zero-order chi connectivity index (χ0) is 17.3. The number of ether oxygens (including phenoxy) is 1. The van der Waals surface area contributed by atoms with E-state index in [9.17, 15) is 14.0 Å². The van der Waals surface area contributed by atoms with Gasteiger partial charge in [0.15, 0.2) is 0 Å². The number of rotatable bonds is 2. The molecular formula is C18H17FN2O3. The second kappa shape index (κ2) is 6.31. The molecule has 3 rings (SSSR count). The maximum atomic E-state index is 14.2. The van der Waals surface area contributed by atoms with Crippen molar-refractivity contribution in [2.75, 3.05) is 16.8 Å². The van der Waals surface area contributed by atoms with Crippen LogP contribution in [0, 0.1) is 5.82 Å². The second-order valence-electron chi connectivity index (χ2n) is 5.68. The lowest BCUT2D eigenvalue weighted by atomic mass is 10.1. The molecule has 2 aromatic carbocycles. The predicted molar refractivity (Wildman–Crippen MR) is 88.9 cm³/mol. The molecule has 1 atom stereocenters. The Balaban J connectivity index is 2.01. The van der Waals surface area contributed by atoms with Crippen molar-refractivity contribution in [2.45, 2.75) is 19.9 Å². The zero-order valence-electron chi connectivity index (χ0n) is 13.4. The van der Waals surface area contributed by atoms with Crippen LogP contribution in [0.2, 0.25) is 0 Å². The maximum Gasteiger partial charge on any atom is 0.261 e. The molecule has 0 fully saturated rings. The number of carbonyl (C=O) groups is 2. The fourth-order valence-corrected chi connectivity index (χ4v) is 2.71. The minimum absolute atomic E-state index is 0.0928. The lowest BCUT2D eigenvalue weighted by Gasteiger charge is -2.35. The molecule has 124 valence electrons. The summed E-state index contributed by atoms with van der Waals surface area (Å²) in [4.78, 5) is 25.7. The Bertz CT molecular complexity index is 807. The highest BCUT2D eigenvalue weighted by molar-refractivity contribution is 6.08. The number of para-hydroxylation sites is 2. The minimum Gasteiger partial charge on any atom is -0.489 e. The number of amides is 2. The van der Waals surface area contributed by atoms with Crippen LogP contribution in [0.25, 0.3) is 0 Å². The van der Waals surface area contributed by atoms with Crippen molar-refractivity contribution < 1.29 is 18.7 Å². The van der Waals surface area contributed by atoms with Crippen molar-refractivity contribution >= 4 is 23.2 Å². The Morgan fingerprint density at radius 2 is 2.00 bits per heavy atom. The number of benzene rings is 2. The highest BCUT2D eigenvalue weighted by Gasteiger charge is 2.31. The molecule has 1 N–H and O–H groups in total. The normalized spacial score (nSPS) is 16.1. The van der Waals surface area contributed by atoms with Gasteiger partial charge in [0.2, 0.25) is 5.91 Å². The van der Waals surface area contributed by atoms with Crippen LogP contribution in [0.15, 0.2) is 42.5 Å². The van der Waals surface area contributed by atoms with Crippen LogP contribution in [0.1, 0.15) is 24.2 Å². The van der Waals surface area contributed by atoms with Gasteiger partial charge in [-0.25, -0.2) is 4.39 Å². The first-order chi connectivity index (χ1) is 11.5. The van der Waals surface area contributed by atoms with Gasteiger partial charge in [-0.2, -0.15) is 0 Å². The van der Waals surface area contributed by atoms with Crippen molar-refractivity contribution in [3.63, 3.8) is 0 Å². The van der Waals surface area contributed by atoms with E-state index >= 15 is 0 Å². The van der Waals surface area contributed by atoms with Gasteiger partial charge in [-0.15, -0.1) is 0 Å². The number of nitrogens with zero attached hydrogens (tertiary/aromatic N) is 1. The first-order valence-electron chi connectivity index (χ1n) is 7.60. The Kier molecular flexibility index (Phi) is 4.20. The van der Waals surface area contributed by atoms with E-state index in [-0.39, 0.29) is 17.5 Å². The number of nitrogens with one attached hydrogen (secondary N) is 1. The van der Waals surface area contributed by atoms with Crippen LogP contribution in [0.5, 0.6) is 5.75 Å². The summed E-state index contributed by atoms with van der Waals surface area (Å²) in [6, 6.07) is 10.9. The molecule has 0 aliphatic carbocycles. The van der Waals surface area contributed by atoms with Crippen LogP contribution < -0.4 is 15.0 Å². The number of carbonyl (C=O) groups excluding carboxylic acids is 2. The van der Waals surface area contributed by atoms with Crippen molar-refractivity contribution in [1.29, 1.82) is 0 Å². The molecule has 1 aliphatic rings. The molecular weight excluding hydrogens is 311 g/mol.